The molecule has 1 heterocycles. The van der Waals surface area contributed by atoms with Crippen molar-refractivity contribution in [1.29, 1.82) is 0 Å². The summed E-state index contributed by atoms with van der Waals surface area (Å²) < 4.78 is 0. The number of hydrazone groups is 1. The van der Waals surface area contributed by atoms with Gasteiger partial charge in [-0.2, -0.15) is 0 Å². The van der Waals surface area contributed by atoms with Crippen LogP contribution in [0.15, 0.2) is 5.10 Å². The normalized spacial score (nSPS) is 19.1. The predicted octanol–water partition coefficient (Wildman–Crippen LogP) is -0.0113. The molecule has 0 aliphatic carbocycles. The molecular weight excluding hydrogens is 114 g/mol. The lowest BCUT2D eigenvalue weighted by Gasteiger charge is -2.03. The lowest BCUT2D eigenvalue weighted by Crippen LogP contribution is -2.20. The fourth-order valence-electron chi connectivity index (χ4n) is 0.357. The number of rotatable bonds is 0. The third-order valence-corrected chi connectivity index (χ3v) is 1.17. The van der Waals surface area contributed by atoms with E-state index in [1.165, 1.54) is 0 Å². The molecule has 0 saturated carbocycles. The summed E-state index contributed by atoms with van der Waals surface area (Å²) in [6, 6.07) is 0. The van der Waals surface area contributed by atoms with Gasteiger partial charge in [0, 0.05) is 7.05 Å². The summed E-state index contributed by atoms with van der Waals surface area (Å²) in [6.07, 6.45) is 0. The van der Waals surface area contributed by atoms with Gasteiger partial charge in [-0.15, -0.1) is 5.10 Å². The molecule has 0 amide bonds. The second kappa shape index (κ2) is 1.58. The maximum Gasteiger partial charge on any atom is 0.218 e. The van der Waals surface area contributed by atoms with Gasteiger partial charge < -0.3 is 4.90 Å². The maximum atomic E-state index is 5.48. The van der Waals surface area contributed by atoms with Crippen molar-refractivity contribution in [2.45, 2.75) is 0 Å². The maximum absolute atomic E-state index is 5.48. The van der Waals surface area contributed by atoms with Crippen LogP contribution in [0.3, 0.4) is 0 Å². The standard InChI is InChI=1S/C3H6ClN3/c1-7-2-5-6-3(7)4/h5H,2H2,1H3. The molecule has 1 aliphatic rings. The van der Waals surface area contributed by atoms with Crippen LogP contribution in [0, 0.1) is 0 Å². The Morgan fingerprint density at radius 1 is 2.00 bits per heavy atom. The highest BCUT2D eigenvalue weighted by molar-refractivity contribution is 6.64. The monoisotopic (exact) mass is 119 g/mol. The predicted molar refractivity (Wildman–Crippen MR) is 29.1 cm³/mol. The molecule has 7 heavy (non-hydrogen) atoms. The molecule has 0 fully saturated rings. The first-order valence-electron chi connectivity index (χ1n) is 1.98. The molecule has 1 N–H and O–H groups in total. The molecule has 0 saturated heterocycles. The van der Waals surface area contributed by atoms with E-state index >= 15 is 0 Å². The van der Waals surface area contributed by atoms with Crippen molar-refractivity contribution in [2.75, 3.05) is 13.7 Å². The highest BCUT2D eigenvalue weighted by Crippen LogP contribution is 1.95. The molecular formula is C3H6ClN3. The minimum Gasteiger partial charge on any atom is -0.330 e. The number of halogens is 1. The molecule has 0 aromatic heterocycles. The summed E-state index contributed by atoms with van der Waals surface area (Å²) in [5.74, 6) is 0. The van der Waals surface area contributed by atoms with Crippen LogP contribution in [0.4, 0.5) is 0 Å². The van der Waals surface area contributed by atoms with Crippen LogP contribution >= 0.6 is 11.6 Å². The van der Waals surface area contributed by atoms with Gasteiger partial charge in [0.1, 0.15) is 6.67 Å². The first-order valence-corrected chi connectivity index (χ1v) is 2.35. The first kappa shape index (κ1) is 4.71. The smallest absolute Gasteiger partial charge is 0.218 e. The Bertz CT molecular complexity index is 100. The van der Waals surface area contributed by atoms with E-state index in [1.807, 2.05) is 11.9 Å². The zero-order chi connectivity index (χ0) is 5.28. The van der Waals surface area contributed by atoms with Crippen molar-refractivity contribution in [3.8, 4) is 0 Å². The minimum atomic E-state index is 0.528. The summed E-state index contributed by atoms with van der Waals surface area (Å²) in [4.78, 5) is 1.81. The van der Waals surface area contributed by atoms with E-state index in [2.05, 4.69) is 10.5 Å². The van der Waals surface area contributed by atoms with E-state index in [1.54, 1.807) is 0 Å². The highest BCUT2D eigenvalue weighted by atomic mass is 35.5. The Balaban J connectivity index is 2.54. The molecule has 0 bridgehead atoms. The molecule has 0 aromatic rings. The van der Waals surface area contributed by atoms with Crippen molar-refractivity contribution in [2.24, 2.45) is 5.10 Å². The van der Waals surface area contributed by atoms with Crippen LogP contribution in [-0.2, 0) is 0 Å². The Morgan fingerprint density at radius 2 is 2.71 bits per heavy atom. The van der Waals surface area contributed by atoms with Gasteiger partial charge in [-0.3, -0.25) is 5.43 Å². The van der Waals surface area contributed by atoms with E-state index < -0.39 is 0 Å². The van der Waals surface area contributed by atoms with Crippen molar-refractivity contribution in [3.63, 3.8) is 0 Å². The van der Waals surface area contributed by atoms with Crippen LogP contribution in [0.5, 0.6) is 0 Å². The Labute approximate surface area is 46.9 Å². The summed E-state index contributed by atoms with van der Waals surface area (Å²) in [7, 11) is 1.87. The summed E-state index contributed by atoms with van der Waals surface area (Å²) >= 11 is 5.48. The molecule has 40 valence electrons. The number of nitrogens with one attached hydrogen (secondary N) is 1. The molecule has 1 aliphatic heterocycles. The number of amidine groups is 1. The van der Waals surface area contributed by atoms with Crippen molar-refractivity contribution >= 4 is 16.9 Å². The zero-order valence-electron chi connectivity index (χ0n) is 3.98. The van der Waals surface area contributed by atoms with Gasteiger partial charge in [0.2, 0.25) is 5.29 Å². The van der Waals surface area contributed by atoms with Gasteiger partial charge in [0.05, 0.1) is 0 Å². The Hall–Kier alpha value is -0.440. The van der Waals surface area contributed by atoms with Crippen LogP contribution in [0.25, 0.3) is 0 Å². The van der Waals surface area contributed by atoms with E-state index in [0.29, 0.717) is 5.29 Å². The fourth-order valence-corrected chi connectivity index (χ4v) is 0.477. The average Bonchev–Trinajstić information content (AvgIpc) is 1.91. The van der Waals surface area contributed by atoms with Crippen molar-refractivity contribution in [1.82, 2.24) is 10.3 Å². The number of hydrogen-bond acceptors (Lipinski definition) is 3. The van der Waals surface area contributed by atoms with E-state index in [4.69, 9.17) is 11.6 Å². The summed E-state index contributed by atoms with van der Waals surface area (Å²) in [5.41, 5.74) is 2.70. The molecule has 4 heteroatoms. The van der Waals surface area contributed by atoms with Gasteiger partial charge in [-0.1, -0.05) is 0 Å². The quantitative estimate of drug-likeness (QED) is 0.454. The van der Waals surface area contributed by atoms with Crippen LogP contribution in [0.2, 0.25) is 0 Å². The van der Waals surface area contributed by atoms with Gasteiger partial charge >= 0.3 is 0 Å². The third kappa shape index (κ3) is 0.771. The third-order valence-electron chi connectivity index (χ3n) is 0.794. The van der Waals surface area contributed by atoms with Gasteiger partial charge in [-0.25, -0.2) is 0 Å². The summed E-state index contributed by atoms with van der Waals surface area (Å²) in [5, 5.41) is 4.20. The SMILES string of the molecule is CN1CNN=C1Cl. The zero-order valence-corrected chi connectivity index (χ0v) is 4.74. The highest BCUT2D eigenvalue weighted by Gasteiger charge is 2.06. The second-order valence-electron chi connectivity index (χ2n) is 1.40. The van der Waals surface area contributed by atoms with Crippen molar-refractivity contribution in [3.05, 3.63) is 0 Å². The molecule has 0 spiro atoms. The average molecular weight is 120 g/mol. The Morgan fingerprint density at radius 3 is 2.86 bits per heavy atom. The molecule has 0 radical (unpaired) electrons. The van der Waals surface area contributed by atoms with Gasteiger partial charge in [-0.05, 0) is 11.6 Å². The Kier molecular flexibility index (Phi) is 1.06. The topological polar surface area (TPSA) is 27.6 Å². The van der Waals surface area contributed by atoms with E-state index in [0.717, 1.165) is 6.67 Å². The largest absolute Gasteiger partial charge is 0.330 e. The lowest BCUT2D eigenvalue weighted by molar-refractivity contribution is 0.511. The van der Waals surface area contributed by atoms with Gasteiger partial charge in [0.15, 0.2) is 0 Å². The molecule has 1 rings (SSSR count). The second-order valence-corrected chi connectivity index (χ2v) is 1.73. The van der Waals surface area contributed by atoms with Crippen LogP contribution < -0.4 is 5.43 Å². The molecule has 3 nitrogen and oxygen atoms in total. The van der Waals surface area contributed by atoms with E-state index in [-0.39, 0.29) is 0 Å². The lowest BCUT2D eigenvalue weighted by atomic mass is 10.9. The molecule has 0 unspecified atom stereocenters. The van der Waals surface area contributed by atoms with Crippen molar-refractivity contribution < 1.29 is 0 Å². The minimum absolute atomic E-state index is 0.528. The molecule has 0 aromatic carbocycles. The molecule has 0 atom stereocenters. The van der Waals surface area contributed by atoms with E-state index in [9.17, 15) is 0 Å². The fraction of sp³-hybridized carbons (Fsp3) is 0.667. The number of nitrogens with zero attached hydrogens (tertiary/aromatic N) is 2. The first-order chi connectivity index (χ1) is 3.30. The summed E-state index contributed by atoms with van der Waals surface area (Å²) in [6.45, 7) is 0.721. The van der Waals surface area contributed by atoms with Gasteiger partial charge in [0.25, 0.3) is 0 Å². The van der Waals surface area contributed by atoms with Crippen LogP contribution in [-0.4, -0.2) is 23.9 Å². The van der Waals surface area contributed by atoms with Crippen LogP contribution in [0.1, 0.15) is 0 Å². The number of hydrogen-bond donors (Lipinski definition) is 1.